The summed E-state index contributed by atoms with van der Waals surface area (Å²) in [5.41, 5.74) is 1.76. The monoisotopic (exact) mass is 290 g/mol. The highest BCUT2D eigenvalue weighted by Crippen LogP contribution is 2.26. The molecule has 0 aliphatic heterocycles. The van der Waals surface area contributed by atoms with Gasteiger partial charge in [-0.1, -0.05) is 0 Å². The van der Waals surface area contributed by atoms with Crippen molar-refractivity contribution in [1.29, 1.82) is 0 Å². The number of Topliss-reactive ketones (excluding diaryl/α,β-unsaturated/α-hetero) is 1. The molecule has 0 aliphatic rings. The molecule has 1 aromatic rings. The van der Waals surface area contributed by atoms with E-state index in [0.717, 1.165) is 20.4 Å². The zero-order valence-electron chi connectivity index (χ0n) is 7.85. The Hall–Kier alpha value is -0.580. The van der Waals surface area contributed by atoms with Crippen LogP contribution in [0.15, 0.2) is 12.1 Å². The van der Waals surface area contributed by atoms with E-state index in [9.17, 15) is 4.79 Å². The molecule has 70 valence electrons. The molecule has 0 radical (unpaired) electrons. The highest BCUT2D eigenvalue weighted by Gasteiger charge is 2.10. The fourth-order valence-electron chi connectivity index (χ4n) is 1.20. The second kappa shape index (κ2) is 4.09. The van der Waals surface area contributed by atoms with Crippen LogP contribution in [0.25, 0.3) is 0 Å². The molecule has 2 nitrogen and oxygen atoms in total. The normalized spacial score (nSPS) is 9.85. The van der Waals surface area contributed by atoms with Crippen molar-refractivity contribution in [3.8, 4) is 5.75 Å². The van der Waals surface area contributed by atoms with Crippen LogP contribution in [0.1, 0.15) is 22.8 Å². The zero-order valence-corrected chi connectivity index (χ0v) is 10.0. The van der Waals surface area contributed by atoms with Crippen LogP contribution >= 0.6 is 22.6 Å². The third kappa shape index (κ3) is 2.02. The molecule has 0 unspecified atom stereocenters. The molecule has 0 spiro atoms. The second-order valence-electron chi connectivity index (χ2n) is 2.81. The van der Waals surface area contributed by atoms with E-state index in [1.807, 2.05) is 13.0 Å². The molecule has 3 heteroatoms. The van der Waals surface area contributed by atoms with Crippen molar-refractivity contribution in [3.05, 3.63) is 26.8 Å². The van der Waals surface area contributed by atoms with Crippen molar-refractivity contribution in [1.82, 2.24) is 0 Å². The fraction of sp³-hybridized carbons (Fsp3) is 0.300. The molecule has 1 aromatic carbocycles. The fourth-order valence-corrected chi connectivity index (χ4v) is 1.89. The topological polar surface area (TPSA) is 26.3 Å². The maximum absolute atomic E-state index is 11.2. The minimum absolute atomic E-state index is 0.0954. The Kier molecular flexibility index (Phi) is 3.30. The molecule has 0 heterocycles. The average Bonchev–Trinajstić information content (AvgIpc) is 2.09. The lowest BCUT2D eigenvalue weighted by molar-refractivity contribution is 0.101. The van der Waals surface area contributed by atoms with E-state index in [1.54, 1.807) is 20.1 Å². The van der Waals surface area contributed by atoms with Crippen molar-refractivity contribution in [2.75, 3.05) is 7.11 Å². The molecule has 0 aliphatic carbocycles. The van der Waals surface area contributed by atoms with E-state index in [2.05, 4.69) is 22.6 Å². The van der Waals surface area contributed by atoms with E-state index >= 15 is 0 Å². The van der Waals surface area contributed by atoms with Crippen LogP contribution in [0.5, 0.6) is 5.75 Å². The van der Waals surface area contributed by atoms with Gasteiger partial charge in [0, 0.05) is 5.56 Å². The number of carbonyl (C=O) groups is 1. The Morgan fingerprint density at radius 2 is 2.08 bits per heavy atom. The van der Waals surface area contributed by atoms with Gasteiger partial charge in [-0.3, -0.25) is 4.79 Å². The number of carbonyl (C=O) groups excluding carboxylic acids is 1. The van der Waals surface area contributed by atoms with Gasteiger partial charge in [0.15, 0.2) is 5.78 Å². The first-order valence-electron chi connectivity index (χ1n) is 3.92. The van der Waals surface area contributed by atoms with Crippen LogP contribution < -0.4 is 4.74 Å². The molecule has 0 amide bonds. The van der Waals surface area contributed by atoms with Crippen molar-refractivity contribution in [2.45, 2.75) is 13.8 Å². The first-order chi connectivity index (χ1) is 6.07. The standard InChI is InChI=1S/C10H11IO2/c1-6-8(7(2)12)4-5-9(13-3)10(6)11/h4-5H,1-3H3. The summed E-state index contributed by atoms with van der Waals surface area (Å²) in [5, 5.41) is 0. The van der Waals surface area contributed by atoms with Gasteiger partial charge < -0.3 is 4.74 Å². The summed E-state index contributed by atoms with van der Waals surface area (Å²) < 4.78 is 6.15. The number of ether oxygens (including phenoxy) is 1. The molecule has 0 saturated heterocycles. The molecule has 1 rings (SSSR count). The van der Waals surface area contributed by atoms with Gasteiger partial charge >= 0.3 is 0 Å². The van der Waals surface area contributed by atoms with Gasteiger partial charge in [-0.05, 0) is 54.1 Å². The van der Waals surface area contributed by atoms with Gasteiger partial charge in [-0.2, -0.15) is 0 Å². The first-order valence-corrected chi connectivity index (χ1v) is 4.99. The Balaban J connectivity index is 3.31. The second-order valence-corrected chi connectivity index (χ2v) is 3.89. The van der Waals surface area contributed by atoms with Crippen molar-refractivity contribution in [3.63, 3.8) is 0 Å². The lowest BCUT2D eigenvalue weighted by Crippen LogP contribution is -1.99. The SMILES string of the molecule is COc1ccc(C(C)=O)c(C)c1I. The van der Waals surface area contributed by atoms with Crippen LogP contribution in [0, 0.1) is 10.5 Å². The van der Waals surface area contributed by atoms with Crippen molar-refractivity contribution >= 4 is 28.4 Å². The minimum Gasteiger partial charge on any atom is -0.496 e. The molecule has 0 bridgehead atoms. The van der Waals surface area contributed by atoms with Crippen LogP contribution in [0.3, 0.4) is 0 Å². The Labute approximate surface area is 91.4 Å². The summed E-state index contributed by atoms with van der Waals surface area (Å²) in [5.74, 6) is 0.918. The summed E-state index contributed by atoms with van der Waals surface area (Å²) in [6, 6.07) is 3.63. The highest BCUT2D eigenvalue weighted by molar-refractivity contribution is 14.1. The number of halogens is 1. The molecular formula is C10H11IO2. The van der Waals surface area contributed by atoms with E-state index < -0.39 is 0 Å². The van der Waals surface area contributed by atoms with E-state index in [4.69, 9.17) is 4.74 Å². The summed E-state index contributed by atoms with van der Waals surface area (Å²) in [7, 11) is 1.63. The summed E-state index contributed by atoms with van der Waals surface area (Å²) in [6.45, 7) is 3.51. The Bertz CT molecular complexity index is 345. The number of methoxy groups -OCH3 is 1. The molecule has 0 fully saturated rings. The van der Waals surface area contributed by atoms with Crippen LogP contribution in [0.4, 0.5) is 0 Å². The number of benzene rings is 1. The minimum atomic E-state index is 0.0954. The maximum Gasteiger partial charge on any atom is 0.160 e. The molecule has 0 saturated carbocycles. The third-order valence-corrected chi connectivity index (χ3v) is 3.29. The number of hydrogen-bond donors (Lipinski definition) is 0. The largest absolute Gasteiger partial charge is 0.496 e. The predicted molar refractivity (Wildman–Crippen MR) is 60.5 cm³/mol. The summed E-state index contributed by atoms with van der Waals surface area (Å²) in [6.07, 6.45) is 0. The number of ketones is 1. The molecule has 13 heavy (non-hydrogen) atoms. The smallest absolute Gasteiger partial charge is 0.160 e. The molecular weight excluding hydrogens is 279 g/mol. The van der Waals surface area contributed by atoms with Gasteiger partial charge in [0.25, 0.3) is 0 Å². The predicted octanol–water partition coefficient (Wildman–Crippen LogP) is 2.81. The Morgan fingerprint density at radius 1 is 1.46 bits per heavy atom. The van der Waals surface area contributed by atoms with Gasteiger partial charge in [0.2, 0.25) is 0 Å². The lowest BCUT2D eigenvalue weighted by Gasteiger charge is -2.08. The number of rotatable bonds is 2. The van der Waals surface area contributed by atoms with E-state index in [0.29, 0.717) is 0 Å². The van der Waals surface area contributed by atoms with E-state index in [-0.39, 0.29) is 5.78 Å². The number of hydrogen-bond acceptors (Lipinski definition) is 2. The van der Waals surface area contributed by atoms with Gasteiger partial charge in [-0.25, -0.2) is 0 Å². The quantitative estimate of drug-likeness (QED) is 0.618. The Morgan fingerprint density at radius 3 is 2.54 bits per heavy atom. The van der Waals surface area contributed by atoms with E-state index in [1.165, 1.54) is 0 Å². The average molecular weight is 290 g/mol. The van der Waals surface area contributed by atoms with Crippen LogP contribution in [-0.4, -0.2) is 12.9 Å². The first kappa shape index (κ1) is 10.5. The molecule has 0 N–H and O–H groups in total. The van der Waals surface area contributed by atoms with Gasteiger partial charge in [0.05, 0.1) is 10.7 Å². The molecule has 0 aromatic heterocycles. The van der Waals surface area contributed by atoms with Gasteiger partial charge in [0.1, 0.15) is 5.75 Å². The zero-order chi connectivity index (χ0) is 10.0. The van der Waals surface area contributed by atoms with Crippen LogP contribution in [0.2, 0.25) is 0 Å². The van der Waals surface area contributed by atoms with Crippen molar-refractivity contribution in [2.24, 2.45) is 0 Å². The van der Waals surface area contributed by atoms with Crippen molar-refractivity contribution < 1.29 is 9.53 Å². The highest BCUT2D eigenvalue weighted by atomic mass is 127. The maximum atomic E-state index is 11.2. The molecule has 0 atom stereocenters. The third-order valence-electron chi connectivity index (χ3n) is 1.95. The summed E-state index contributed by atoms with van der Waals surface area (Å²) in [4.78, 5) is 11.2. The summed E-state index contributed by atoms with van der Waals surface area (Å²) >= 11 is 2.19. The lowest BCUT2D eigenvalue weighted by atomic mass is 10.1. The van der Waals surface area contributed by atoms with Gasteiger partial charge in [-0.15, -0.1) is 0 Å². The van der Waals surface area contributed by atoms with Crippen LogP contribution in [-0.2, 0) is 0 Å².